The van der Waals surface area contributed by atoms with Gasteiger partial charge >= 0.3 is 24.3 Å². The summed E-state index contributed by atoms with van der Waals surface area (Å²) in [6.45, 7) is 5.24. The van der Waals surface area contributed by atoms with Crippen LogP contribution in [0.2, 0.25) is 0 Å². The minimum Gasteiger partial charge on any atom is -0.455 e. The average molecular weight is 492 g/mol. The van der Waals surface area contributed by atoms with Crippen LogP contribution in [0.15, 0.2) is 0 Å². The van der Waals surface area contributed by atoms with Crippen LogP contribution in [0.25, 0.3) is 0 Å². The van der Waals surface area contributed by atoms with Crippen molar-refractivity contribution in [2.24, 2.45) is 17.3 Å². The van der Waals surface area contributed by atoms with Gasteiger partial charge in [0.05, 0.1) is 23.5 Å². The number of hydrogen-bond acceptors (Lipinski definition) is 7. The fraction of sp³-hybridized carbons (Fsp3) is 0.900. The van der Waals surface area contributed by atoms with Gasteiger partial charge in [0.15, 0.2) is 12.2 Å². The molecule has 6 atom stereocenters. The largest absolute Gasteiger partial charge is 0.455 e. The summed E-state index contributed by atoms with van der Waals surface area (Å²) in [5, 5.41) is 9.43. The lowest BCUT2D eigenvalue weighted by molar-refractivity contribution is -0.383. The van der Waals surface area contributed by atoms with E-state index in [9.17, 15) is 41.0 Å². The van der Waals surface area contributed by atoms with Crippen LogP contribution in [0.3, 0.4) is 0 Å². The Bertz CT molecular complexity index is 792. The van der Waals surface area contributed by atoms with E-state index in [1.54, 1.807) is 20.8 Å². The summed E-state index contributed by atoms with van der Waals surface area (Å²) in [6, 6.07) is 0. The van der Waals surface area contributed by atoms with Crippen LogP contribution in [-0.4, -0.2) is 71.6 Å². The molecule has 0 aromatic rings. The van der Waals surface area contributed by atoms with Crippen LogP contribution in [-0.2, 0) is 28.5 Å². The normalized spacial score (nSPS) is 32.3. The van der Waals surface area contributed by atoms with Gasteiger partial charge in [0.25, 0.3) is 5.60 Å². The average Bonchev–Trinajstić information content (AvgIpc) is 3.27. The number of halogens is 6. The lowest BCUT2D eigenvalue weighted by Gasteiger charge is -2.41. The molecule has 0 radical (unpaired) electrons. The first-order valence-electron chi connectivity index (χ1n) is 10.4. The Morgan fingerprint density at radius 1 is 1.00 bits per heavy atom. The van der Waals surface area contributed by atoms with E-state index in [2.05, 4.69) is 0 Å². The fourth-order valence-electron chi connectivity index (χ4n) is 4.43. The zero-order valence-corrected chi connectivity index (χ0v) is 18.5. The van der Waals surface area contributed by atoms with Crippen molar-refractivity contribution in [2.45, 2.75) is 89.0 Å². The van der Waals surface area contributed by atoms with E-state index >= 15 is 0 Å². The van der Waals surface area contributed by atoms with E-state index in [1.807, 2.05) is 0 Å². The predicted octanol–water partition coefficient (Wildman–Crippen LogP) is 2.92. The molecule has 3 heterocycles. The quantitative estimate of drug-likeness (QED) is 0.432. The highest BCUT2D eigenvalue weighted by Crippen LogP contribution is 2.56. The van der Waals surface area contributed by atoms with Crippen LogP contribution in [0.5, 0.6) is 0 Å². The molecule has 190 valence electrons. The van der Waals surface area contributed by atoms with Crippen molar-refractivity contribution in [1.82, 2.24) is 0 Å². The van der Waals surface area contributed by atoms with Gasteiger partial charge in [-0.3, -0.25) is 9.59 Å². The molecule has 2 bridgehead atoms. The van der Waals surface area contributed by atoms with Gasteiger partial charge in [-0.1, -0.05) is 6.92 Å². The Morgan fingerprint density at radius 3 is 2.03 bits per heavy atom. The highest BCUT2D eigenvalue weighted by atomic mass is 19.4. The first kappa shape index (κ1) is 26.0. The summed E-state index contributed by atoms with van der Waals surface area (Å²) in [4.78, 5) is 25.0. The van der Waals surface area contributed by atoms with Crippen molar-refractivity contribution in [1.29, 1.82) is 0 Å². The molecule has 1 N–H and O–H groups in total. The summed E-state index contributed by atoms with van der Waals surface area (Å²) >= 11 is 0. The Labute approximate surface area is 185 Å². The molecule has 0 aromatic heterocycles. The van der Waals surface area contributed by atoms with Crippen molar-refractivity contribution >= 4 is 11.9 Å². The minimum atomic E-state index is -6.06. The van der Waals surface area contributed by atoms with Gasteiger partial charge in [-0.15, -0.1) is 0 Å². The van der Waals surface area contributed by atoms with E-state index in [0.717, 1.165) is 0 Å². The second kappa shape index (κ2) is 7.70. The molecule has 3 saturated heterocycles. The van der Waals surface area contributed by atoms with Gasteiger partial charge in [0.2, 0.25) is 0 Å². The van der Waals surface area contributed by atoms with Crippen LogP contribution >= 0.6 is 0 Å². The molecule has 3 aliphatic heterocycles. The molecular formula is C20H26F6O7. The Kier molecular flexibility index (Phi) is 6.07. The maximum Gasteiger partial charge on any atom is 0.428 e. The number of hydrogen-bond donors (Lipinski definition) is 1. The van der Waals surface area contributed by atoms with E-state index in [4.69, 9.17) is 18.9 Å². The molecule has 0 aromatic carbocycles. The number of aliphatic hydroxyl groups is 1. The predicted molar refractivity (Wildman–Crippen MR) is 96.6 cm³/mol. The van der Waals surface area contributed by atoms with E-state index in [0.29, 0.717) is 6.42 Å². The van der Waals surface area contributed by atoms with Crippen molar-refractivity contribution in [3.05, 3.63) is 0 Å². The van der Waals surface area contributed by atoms with Crippen LogP contribution < -0.4 is 0 Å². The highest BCUT2D eigenvalue weighted by molar-refractivity contribution is 5.79. The lowest BCUT2D eigenvalue weighted by Crippen LogP contribution is -2.62. The summed E-state index contributed by atoms with van der Waals surface area (Å²) in [6.07, 6.45) is -15.7. The zero-order chi connectivity index (χ0) is 25.4. The first-order valence-corrected chi connectivity index (χ1v) is 10.4. The van der Waals surface area contributed by atoms with E-state index in [-0.39, 0.29) is 0 Å². The molecule has 33 heavy (non-hydrogen) atoms. The molecular weight excluding hydrogens is 466 g/mol. The van der Waals surface area contributed by atoms with Crippen molar-refractivity contribution in [3.8, 4) is 0 Å². The Hall–Kier alpha value is -1.60. The molecule has 7 nitrogen and oxygen atoms in total. The topological polar surface area (TPSA) is 91.3 Å². The maximum atomic E-state index is 13.1. The molecule has 0 saturated carbocycles. The highest BCUT2D eigenvalue weighted by Gasteiger charge is 2.74. The zero-order valence-electron chi connectivity index (χ0n) is 18.5. The summed E-state index contributed by atoms with van der Waals surface area (Å²) < 4.78 is 99.9. The lowest BCUT2D eigenvalue weighted by atomic mass is 9.70. The number of fused-ring (bicyclic) bond motifs is 1. The summed E-state index contributed by atoms with van der Waals surface area (Å²) in [5.74, 6) is -3.52. The maximum absolute atomic E-state index is 13.1. The first-order chi connectivity index (χ1) is 14.8. The monoisotopic (exact) mass is 492 g/mol. The standard InChI is InChI=1S/C20H26F6O7/c1-6-16(2,3)15(28)33-13-11-9(8-10(31-11)12(13)32-14(8)27)17(4,5)30-7-18(29,19(21,22)23)20(24,25)26/h8-13,29H,6-7H2,1-5H3. The van der Waals surface area contributed by atoms with E-state index in [1.165, 1.54) is 13.8 Å². The molecule has 0 amide bonds. The molecule has 0 aliphatic carbocycles. The number of esters is 2. The second-order valence-electron chi connectivity index (χ2n) is 9.87. The second-order valence-corrected chi connectivity index (χ2v) is 9.87. The number of carbonyl (C=O) groups excluding carboxylic acids is 2. The van der Waals surface area contributed by atoms with Gasteiger partial charge < -0.3 is 24.1 Å². The van der Waals surface area contributed by atoms with Crippen molar-refractivity contribution in [3.63, 3.8) is 0 Å². The fourth-order valence-corrected chi connectivity index (χ4v) is 4.43. The molecule has 3 aliphatic rings. The third-order valence-electron chi connectivity index (χ3n) is 6.98. The third kappa shape index (κ3) is 3.99. The van der Waals surface area contributed by atoms with Gasteiger partial charge in [-0.2, -0.15) is 26.3 Å². The van der Waals surface area contributed by atoms with Crippen molar-refractivity contribution in [2.75, 3.05) is 6.61 Å². The summed E-state index contributed by atoms with van der Waals surface area (Å²) in [7, 11) is 0. The van der Waals surface area contributed by atoms with Crippen LogP contribution in [0.1, 0.15) is 41.0 Å². The van der Waals surface area contributed by atoms with E-state index < -0.39 is 83.8 Å². The van der Waals surface area contributed by atoms with Crippen molar-refractivity contribution < 1.29 is 60.0 Å². The minimum absolute atomic E-state index is 0.423. The number of rotatable bonds is 7. The van der Waals surface area contributed by atoms with Gasteiger partial charge in [-0.05, 0) is 34.1 Å². The smallest absolute Gasteiger partial charge is 0.428 e. The molecule has 13 heteroatoms. The SMILES string of the molecule is CCC(C)(C)C(=O)OC1C2OC(=O)C3C2OC1C3C(C)(C)OCC(O)(C(F)(F)F)C(F)(F)F. The Morgan fingerprint density at radius 2 is 1.55 bits per heavy atom. The third-order valence-corrected chi connectivity index (χ3v) is 6.98. The Balaban J connectivity index is 1.86. The van der Waals surface area contributed by atoms with Crippen LogP contribution in [0, 0.1) is 17.3 Å². The molecule has 6 unspecified atom stereocenters. The molecule has 3 fully saturated rings. The van der Waals surface area contributed by atoms with Gasteiger partial charge in [-0.25, -0.2) is 0 Å². The molecule has 0 spiro atoms. The van der Waals surface area contributed by atoms with Gasteiger partial charge in [0, 0.05) is 5.92 Å². The number of alkyl halides is 6. The molecule has 3 rings (SSSR count). The van der Waals surface area contributed by atoms with Gasteiger partial charge in [0.1, 0.15) is 12.2 Å². The summed E-state index contributed by atoms with van der Waals surface area (Å²) in [5.41, 5.74) is -7.83. The number of ether oxygens (including phenoxy) is 4. The van der Waals surface area contributed by atoms with Crippen LogP contribution in [0.4, 0.5) is 26.3 Å². The number of carbonyl (C=O) groups is 2.